The average Bonchev–Trinajstić information content (AvgIpc) is 2.25. The zero-order chi connectivity index (χ0) is 10.4. The molecule has 0 radical (unpaired) electrons. The van der Waals surface area contributed by atoms with Crippen molar-refractivity contribution in [1.82, 2.24) is 0 Å². The van der Waals surface area contributed by atoms with Crippen LogP contribution in [0.15, 0.2) is 24.3 Å². The third-order valence-electron chi connectivity index (χ3n) is 1.69. The quantitative estimate of drug-likeness (QED) is 0.661. The summed E-state index contributed by atoms with van der Waals surface area (Å²) in [6, 6.07) is 9.07. The highest BCUT2D eigenvalue weighted by atomic mass is 16.5. The number of nitriles is 2. The monoisotopic (exact) mass is 184 g/mol. The van der Waals surface area contributed by atoms with E-state index < -0.39 is 0 Å². The zero-order valence-electron chi connectivity index (χ0n) is 7.69. The Balaban J connectivity index is 3.11. The van der Waals surface area contributed by atoms with Crippen molar-refractivity contribution < 1.29 is 4.74 Å². The largest absolute Gasteiger partial charge is 0.495 e. The molecule has 1 aromatic carbocycles. The first-order valence-corrected chi connectivity index (χ1v) is 3.96. The second-order valence-electron chi connectivity index (χ2n) is 2.53. The number of ether oxygens (including phenoxy) is 1. The lowest BCUT2D eigenvalue weighted by atomic mass is 10.1. The Morgan fingerprint density at radius 2 is 2.14 bits per heavy atom. The molecule has 0 saturated carbocycles. The van der Waals surface area contributed by atoms with E-state index in [1.54, 1.807) is 24.3 Å². The Labute approximate surface area is 82.5 Å². The molecule has 1 aromatic rings. The summed E-state index contributed by atoms with van der Waals surface area (Å²) in [5, 5.41) is 17.1. The van der Waals surface area contributed by atoms with Crippen molar-refractivity contribution in [2.45, 2.75) is 0 Å². The van der Waals surface area contributed by atoms with Crippen molar-refractivity contribution >= 4 is 6.08 Å². The normalized spacial score (nSPS) is 9.36. The van der Waals surface area contributed by atoms with Crippen LogP contribution >= 0.6 is 0 Å². The number of hydrogen-bond acceptors (Lipinski definition) is 3. The average molecular weight is 184 g/mol. The molecular formula is C11H8N2O. The Kier molecular flexibility index (Phi) is 3.29. The summed E-state index contributed by atoms with van der Waals surface area (Å²) in [7, 11) is 1.51. The van der Waals surface area contributed by atoms with Gasteiger partial charge in [0.05, 0.1) is 18.7 Å². The maximum Gasteiger partial charge on any atom is 0.136 e. The van der Waals surface area contributed by atoms with Gasteiger partial charge in [-0.2, -0.15) is 10.5 Å². The molecule has 0 aliphatic rings. The van der Waals surface area contributed by atoms with Gasteiger partial charge < -0.3 is 4.74 Å². The first-order chi connectivity index (χ1) is 6.81. The Morgan fingerprint density at radius 1 is 1.36 bits per heavy atom. The minimum absolute atomic E-state index is 0.465. The molecule has 3 heteroatoms. The molecule has 0 fully saturated rings. The van der Waals surface area contributed by atoms with Gasteiger partial charge in [-0.25, -0.2) is 0 Å². The summed E-state index contributed by atoms with van der Waals surface area (Å²) in [5.74, 6) is 0.543. The minimum atomic E-state index is 0.465. The van der Waals surface area contributed by atoms with Crippen LogP contribution in [0.5, 0.6) is 5.75 Å². The van der Waals surface area contributed by atoms with Gasteiger partial charge in [0, 0.05) is 6.08 Å². The van der Waals surface area contributed by atoms with Crippen molar-refractivity contribution in [3.8, 4) is 17.9 Å². The van der Waals surface area contributed by atoms with Gasteiger partial charge in [0.1, 0.15) is 11.8 Å². The van der Waals surface area contributed by atoms with Gasteiger partial charge in [0.25, 0.3) is 0 Å². The van der Waals surface area contributed by atoms with E-state index in [4.69, 9.17) is 15.3 Å². The molecule has 68 valence electrons. The zero-order valence-corrected chi connectivity index (χ0v) is 7.69. The van der Waals surface area contributed by atoms with Gasteiger partial charge >= 0.3 is 0 Å². The molecule has 0 unspecified atom stereocenters. The molecule has 0 atom stereocenters. The minimum Gasteiger partial charge on any atom is -0.495 e. The topological polar surface area (TPSA) is 56.8 Å². The van der Waals surface area contributed by atoms with Gasteiger partial charge in [0.15, 0.2) is 0 Å². The summed E-state index contributed by atoms with van der Waals surface area (Å²) in [6.07, 6.45) is 3.00. The SMILES string of the molecule is COc1ccc(C=CC#N)cc1C#N. The number of benzene rings is 1. The van der Waals surface area contributed by atoms with Crippen LogP contribution in [0.2, 0.25) is 0 Å². The fraction of sp³-hybridized carbons (Fsp3) is 0.0909. The summed E-state index contributed by atoms with van der Waals surface area (Å²) in [5.41, 5.74) is 1.27. The lowest BCUT2D eigenvalue weighted by Gasteiger charge is -2.02. The smallest absolute Gasteiger partial charge is 0.136 e. The van der Waals surface area contributed by atoms with Crippen molar-refractivity contribution in [2.75, 3.05) is 7.11 Å². The van der Waals surface area contributed by atoms with E-state index in [1.165, 1.54) is 13.2 Å². The van der Waals surface area contributed by atoms with E-state index in [9.17, 15) is 0 Å². The van der Waals surface area contributed by atoms with Crippen molar-refractivity contribution in [2.24, 2.45) is 0 Å². The van der Waals surface area contributed by atoms with Gasteiger partial charge in [-0.15, -0.1) is 0 Å². The Hall–Kier alpha value is -2.26. The fourth-order valence-corrected chi connectivity index (χ4v) is 1.05. The molecule has 0 heterocycles. The van der Waals surface area contributed by atoms with E-state index >= 15 is 0 Å². The summed E-state index contributed by atoms with van der Waals surface area (Å²) in [4.78, 5) is 0. The van der Waals surface area contributed by atoms with Crippen LogP contribution in [-0.2, 0) is 0 Å². The van der Waals surface area contributed by atoms with E-state index in [0.717, 1.165) is 5.56 Å². The second kappa shape index (κ2) is 4.69. The Bertz CT molecular complexity index is 436. The molecular weight excluding hydrogens is 176 g/mol. The molecule has 1 rings (SSSR count). The predicted octanol–water partition coefficient (Wildman–Crippen LogP) is 2.10. The third kappa shape index (κ3) is 2.12. The molecule has 0 aliphatic heterocycles. The van der Waals surface area contributed by atoms with Crippen LogP contribution in [0, 0.1) is 22.7 Å². The first kappa shape index (κ1) is 9.83. The van der Waals surface area contributed by atoms with Crippen LogP contribution in [0.1, 0.15) is 11.1 Å². The lowest BCUT2D eigenvalue weighted by molar-refractivity contribution is 0.413. The lowest BCUT2D eigenvalue weighted by Crippen LogP contribution is -1.87. The summed E-state index contributed by atoms with van der Waals surface area (Å²) in [6.45, 7) is 0. The summed E-state index contributed by atoms with van der Waals surface area (Å²) >= 11 is 0. The highest BCUT2D eigenvalue weighted by molar-refractivity contribution is 5.57. The number of nitrogens with zero attached hydrogens (tertiary/aromatic N) is 2. The number of methoxy groups -OCH3 is 1. The van der Waals surface area contributed by atoms with Crippen LogP contribution in [-0.4, -0.2) is 7.11 Å². The molecule has 0 N–H and O–H groups in total. The molecule has 0 spiro atoms. The summed E-state index contributed by atoms with van der Waals surface area (Å²) < 4.78 is 4.98. The molecule has 0 aliphatic carbocycles. The van der Waals surface area contributed by atoms with Crippen LogP contribution < -0.4 is 4.74 Å². The maximum atomic E-state index is 8.78. The van der Waals surface area contributed by atoms with E-state index in [-0.39, 0.29) is 0 Å². The molecule has 0 aromatic heterocycles. The van der Waals surface area contributed by atoms with Crippen molar-refractivity contribution in [3.05, 3.63) is 35.4 Å². The van der Waals surface area contributed by atoms with Crippen molar-refractivity contribution in [1.29, 1.82) is 10.5 Å². The molecule has 14 heavy (non-hydrogen) atoms. The van der Waals surface area contributed by atoms with Crippen molar-refractivity contribution in [3.63, 3.8) is 0 Å². The highest BCUT2D eigenvalue weighted by Gasteiger charge is 2.01. The highest BCUT2D eigenvalue weighted by Crippen LogP contribution is 2.19. The van der Waals surface area contributed by atoms with Gasteiger partial charge in [-0.1, -0.05) is 6.07 Å². The fourth-order valence-electron chi connectivity index (χ4n) is 1.05. The number of allylic oxidation sites excluding steroid dienone is 1. The van der Waals surface area contributed by atoms with E-state index in [2.05, 4.69) is 0 Å². The van der Waals surface area contributed by atoms with E-state index in [0.29, 0.717) is 11.3 Å². The van der Waals surface area contributed by atoms with Gasteiger partial charge in [-0.3, -0.25) is 0 Å². The number of hydrogen-bond donors (Lipinski definition) is 0. The maximum absolute atomic E-state index is 8.78. The molecule has 0 bridgehead atoms. The first-order valence-electron chi connectivity index (χ1n) is 3.96. The third-order valence-corrected chi connectivity index (χ3v) is 1.69. The molecule has 0 amide bonds. The molecule has 0 saturated heterocycles. The second-order valence-corrected chi connectivity index (χ2v) is 2.53. The van der Waals surface area contributed by atoms with Crippen LogP contribution in [0.3, 0.4) is 0 Å². The number of rotatable bonds is 2. The molecule has 3 nitrogen and oxygen atoms in total. The van der Waals surface area contributed by atoms with E-state index in [1.807, 2.05) is 12.1 Å². The standard InChI is InChI=1S/C11H8N2O/c1-14-11-5-4-9(3-2-6-12)7-10(11)8-13/h2-5,7H,1H3. The van der Waals surface area contributed by atoms with Crippen LogP contribution in [0.4, 0.5) is 0 Å². The van der Waals surface area contributed by atoms with Gasteiger partial charge in [0.2, 0.25) is 0 Å². The Morgan fingerprint density at radius 3 is 2.71 bits per heavy atom. The van der Waals surface area contributed by atoms with Gasteiger partial charge in [-0.05, 0) is 23.8 Å². The van der Waals surface area contributed by atoms with Crippen LogP contribution in [0.25, 0.3) is 6.08 Å². The predicted molar refractivity (Wildman–Crippen MR) is 52.4 cm³/mol.